The Hall–Kier alpha value is -1.33. The summed E-state index contributed by atoms with van der Waals surface area (Å²) >= 11 is 3.16. The van der Waals surface area contributed by atoms with Crippen molar-refractivity contribution in [1.82, 2.24) is 10.3 Å². The van der Waals surface area contributed by atoms with E-state index >= 15 is 0 Å². The number of nitrogens with zero attached hydrogens (tertiary/aromatic N) is 1. The van der Waals surface area contributed by atoms with Crippen LogP contribution in [0.1, 0.15) is 24.1 Å². The fourth-order valence-corrected chi connectivity index (χ4v) is 2.31. The average molecular weight is 327 g/mol. The summed E-state index contributed by atoms with van der Waals surface area (Å²) in [6, 6.07) is 5.96. The van der Waals surface area contributed by atoms with Gasteiger partial charge in [-0.05, 0) is 51.8 Å². The number of benzene rings is 1. The minimum Gasteiger partial charge on any atom is -0.306 e. The van der Waals surface area contributed by atoms with Crippen molar-refractivity contribution in [3.8, 4) is 0 Å². The Kier molecular flexibility index (Phi) is 4.61. The van der Waals surface area contributed by atoms with Gasteiger partial charge < -0.3 is 5.32 Å². The maximum atomic E-state index is 13.3. The molecule has 0 bridgehead atoms. The zero-order valence-electron chi connectivity index (χ0n) is 10.3. The zero-order chi connectivity index (χ0) is 13.8. The van der Waals surface area contributed by atoms with Crippen LogP contribution >= 0.6 is 15.9 Å². The second-order valence-corrected chi connectivity index (χ2v) is 4.96. The summed E-state index contributed by atoms with van der Waals surface area (Å²) < 4.78 is 26.9. The van der Waals surface area contributed by atoms with Crippen LogP contribution in [0.4, 0.5) is 8.78 Å². The molecule has 5 heteroatoms. The fourth-order valence-electron chi connectivity index (χ4n) is 1.91. The molecule has 2 nitrogen and oxygen atoms in total. The predicted molar refractivity (Wildman–Crippen MR) is 73.8 cm³/mol. The first kappa shape index (κ1) is 14.1. The second kappa shape index (κ2) is 6.21. The Balaban J connectivity index is 2.42. The van der Waals surface area contributed by atoms with Gasteiger partial charge in [-0.25, -0.2) is 8.78 Å². The molecular weight excluding hydrogens is 314 g/mol. The molecule has 0 aliphatic rings. The standard InChI is InChI=1S/C14H13BrF2N2/c1-2-19-14(10-5-11(16)8-18-7-10)9-3-4-13(17)12(15)6-9/h3-8,14,19H,2H2,1H3. The van der Waals surface area contributed by atoms with Gasteiger partial charge in [-0.3, -0.25) is 4.98 Å². The first-order valence-electron chi connectivity index (χ1n) is 5.90. The summed E-state index contributed by atoms with van der Waals surface area (Å²) in [4.78, 5) is 3.85. The van der Waals surface area contributed by atoms with Gasteiger partial charge in [0, 0.05) is 6.20 Å². The van der Waals surface area contributed by atoms with Crippen LogP contribution in [0.25, 0.3) is 0 Å². The number of halogens is 3. The van der Waals surface area contributed by atoms with E-state index < -0.39 is 0 Å². The van der Waals surface area contributed by atoms with Crippen molar-refractivity contribution in [1.29, 1.82) is 0 Å². The van der Waals surface area contributed by atoms with Crippen molar-refractivity contribution in [2.45, 2.75) is 13.0 Å². The highest BCUT2D eigenvalue weighted by atomic mass is 79.9. The molecule has 0 saturated carbocycles. The van der Waals surface area contributed by atoms with Crippen LogP contribution in [0.5, 0.6) is 0 Å². The van der Waals surface area contributed by atoms with Gasteiger partial charge >= 0.3 is 0 Å². The van der Waals surface area contributed by atoms with Crippen molar-refractivity contribution in [3.05, 3.63) is 63.9 Å². The zero-order valence-corrected chi connectivity index (χ0v) is 11.9. The lowest BCUT2D eigenvalue weighted by Crippen LogP contribution is -2.22. The van der Waals surface area contributed by atoms with Crippen molar-refractivity contribution >= 4 is 15.9 Å². The van der Waals surface area contributed by atoms with E-state index in [2.05, 4.69) is 26.2 Å². The van der Waals surface area contributed by atoms with Crippen LogP contribution in [-0.2, 0) is 0 Å². The van der Waals surface area contributed by atoms with E-state index in [0.29, 0.717) is 16.6 Å². The number of aromatic nitrogens is 1. The van der Waals surface area contributed by atoms with Crippen LogP contribution < -0.4 is 5.32 Å². The van der Waals surface area contributed by atoms with Crippen LogP contribution in [-0.4, -0.2) is 11.5 Å². The van der Waals surface area contributed by atoms with Gasteiger partial charge in [-0.2, -0.15) is 0 Å². The molecule has 19 heavy (non-hydrogen) atoms. The molecule has 2 aromatic rings. The second-order valence-electron chi connectivity index (χ2n) is 4.10. The maximum Gasteiger partial charge on any atom is 0.141 e. The van der Waals surface area contributed by atoms with Gasteiger partial charge in [0.25, 0.3) is 0 Å². The Morgan fingerprint density at radius 1 is 1.21 bits per heavy atom. The molecule has 0 saturated heterocycles. The quantitative estimate of drug-likeness (QED) is 0.923. The van der Waals surface area contributed by atoms with Gasteiger partial charge in [0.15, 0.2) is 0 Å². The van der Waals surface area contributed by atoms with Gasteiger partial charge in [-0.1, -0.05) is 13.0 Å². The van der Waals surface area contributed by atoms with Crippen molar-refractivity contribution < 1.29 is 8.78 Å². The van der Waals surface area contributed by atoms with E-state index in [1.54, 1.807) is 18.3 Å². The molecule has 100 valence electrons. The molecule has 0 aliphatic heterocycles. The maximum absolute atomic E-state index is 13.3. The molecule has 1 aromatic carbocycles. The third-order valence-corrected chi connectivity index (χ3v) is 3.35. The number of rotatable bonds is 4. The first-order chi connectivity index (χ1) is 9.11. The van der Waals surface area contributed by atoms with Gasteiger partial charge in [0.1, 0.15) is 11.6 Å². The van der Waals surface area contributed by atoms with Crippen LogP contribution in [0.2, 0.25) is 0 Å². The predicted octanol–water partition coefficient (Wildman–Crippen LogP) is 3.82. The molecule has 0 radical (unpaired) electrons. The smallest absolute Gasteiger partial charge is 0.141 e. The first-order valence-corrected chi connectivity index (χ1v) is 6.70. The van der Waals surface area contributed by atoms with Gasteiger partial charge in [0.2, 0.25) is 0 Å². The number of hydrogen-bond acceptors (Lipinski definition) is 2. The third-order valence-electron chi connectivity index (χ3n) is 2.74. The van der Waals surface area contributed by atoms with Crippen molar-refractivity contribution in [3.63, 3.8) is 0 Å². The average Bonchev–Trinajstić information content (AvgIpc) is 2.39. The molecule has 1 N–H and O–H groups in total. The largest absolute Gasteiger partial charge is 0.306 e. The molecule has 2 rings (SSSR count). The summed E-state index contributed by atoms with van der Waals surface area (Å²) in [5, 5.41) is 3.24. The minimum absolute atomic E-state index is 0.218. The number of nitrogens with one attached hydrogen (secondary N) is 1. The normalized spacial score (nSPS) is 12.4. The topological polar surface area (TPSA) is 24.9 Å². The lowest BCUT2D eigenvalue weighted by atomic mass is 10.00. The van der Waals surface area contributed by atoms with E-state index in [-0.39, 0.29) is 17.7 Å². The summed E-state index contributed by atoms with van der Waals surface area (Å²) in [7, 11) is 0. The molecule has 0 amide bonds. The van der Waals surface area contributed by atoms with E-state index in [4.69, 9.17) is 0 Å². The monoisotopic (exact) mass is 326 g/mol. The van der Waals surface area contributed by atoms with Crippen LogP contribution in [0.15, 0.2) is 41.1 Å². The molecule has 1 unspecified atom stereocenters. The fraction of sp³-hybridized carbons (Fsp3) is 0.214. The molecule has 0 spiro atoms. The van der Waals surface area contributed by atoms with E-state index in [1.807, 2.05) is 6.92 Å². The third kappa shape index (κ3) is 3.36. The van der Waals surface area contributed by atoms with E-state index in [1.165, 1.54) is 12.1 Å². The summed E-state index contributed by atoms with van der Waals surface area (Å²) in [6.45, 7) is 2.66. The molecule has 0 aliphatic carbocycles. The van der Waals surface area contributed by atoms with Crippen molar-refractivity contribution in [2.24, 2.45) is 0 Å². The Morgan fingerprint density at radius 2 is 2.00 bits per heavy atom. The molecule has 1 aromatic heterocycles. The van der Waals surface area contributed by atoms with Crippen molar-refractivity contribution in [2.75, 3.05) is 6.54 Å². The molecular formula is C14H13BrF2N2. The molecule has 0 fully saturated rings. The minimum atomic E-state index is -0.387. The summed E-state index contributed by atoms with van der Waals surface area (Å²) in [6.07, 6.45) is 2.76. The van der Waals surface area contributed by atoms with Crippen LogP contribution in [0, 0.1) is 11.6 Å². The highest BCUT2D eigenvalue weighted by molar-refractivity contribution is 9.10. The lowest BCUT2D eigenvalue weighted by Gasteiger charge is -2.19. The number of hydrogen-bond donors (Lipinski definition) is 1. The lowest BCUT2D eigenvalue weighted by molar-refractivity contribution is 0.591. The Labute approximate surface area is 119 Å². The molecule has 1 heterocycles. The Morgan fingerprint density at radius 3 is 2.63 bits per heavy atom. The Bertz CT molecular complexity index is 575. The van der Waals surface area contributed by atoms with Gasteiger partial charge in [-0.15, -0.1) is 0 Å². The highest BCUT2D eigenvalue weighted by Gasteiger charge is 2.15. The molecule has 1 atom stereocenters. The summed E-state index contributed by atoms with van der Waals surface area (Å²) in [5.41, 5.74) is 1.56. The van der Waals surface area contributed by atoms with E-state index in [9.17, 15) is 8.78 Å². The van der Waals surface area contributed by atoms with Gasteiger partial charge in [0.05, 0.1) is 16.7 Å². The van der Waals surface area contributed by atoms with E-state index in [0.717, 1.165) is 11.8 Å². The highest BCUT2D eigenvalue weighted by Crippen LogP contribution is 2.26. The SMILES string of the molecule is CCNC(c1cncc(F)c1)c1ccc(F)c(Br)c1. The number of pyridine rings is 1. The summed E-state index contributed by atoms with van der Waals surface area (Å²) in [5.74, 6) is -0.710. The van der Waals surface area contributed by atoms with Crippen LogP contribution in [0.3, 0.4) is 0 Å².